The molecule has 0 saturated heterocycles. The molecule has 0 heterocycles. The molecule has 2 N–H and O–H groups in total. The maximum Gasteiger partial charge on any atom is 0.238 e. The van der Waals surface area contributed by atoms with E-state index in [2.05, 4.69) is 49.1 Å². The highest BCUT2D eigenvalue weighted by atomic mass is 35.5. The molecule has 2 saturated carbocycles. The molecule has 3 unspecified atom stereocenters. The van der Waals surface area contributed by atoms with Crippen LogP contribution in [0.3, 0.4) is 0 Å². The van der Waals surface area contributed by atoms with Crippen molar-refractivity contribution in [1.82, 2.24) is 4.90 Å². The lowest BCUT2D eigenvalue weighted by Crippen LogP contribution is -2.47. The summed E-state index contributed by atoms with van der Waals surface area (Å²) in [4.78, 5) is 13.1. The minimum Gasteiger partial charge on any atom is -0.508 e. The Morgan fingerprint density at radius 2 is 1.94 bits per heavy atom. The Morgan fingerprint density at radius 3 is 2.69 bits per heavy atom. The molecule has 0 spiro atoms. The summed E-state index contributed by atoms with van der Waals surface area (Å²) in [5, 5.41) is 21.1. The molecule has 0 aromatic heterocycles. The lowest BCUT2D eigenvalue weighted by Gasteiger charge is -2.54. The Morgan fingerprint density at radius 1 is 1.17 bits per heavy atom. The van der Waals surface area contributed by atoms with E-state index in [1.807, 2.05) is 12.1 Å². The quantitative estimate of drug-likeness (QED) is 0.466. The molecule has 5 rings (SSSR count). The van der Waals surface area contributed by atoms with E-state index < -0.39 is 0 Å². The number of phenolic OH excluding ortho intramolecular Hbond substituents is 1. The molecule has 0 bridgehead atoms. The third-order valence-electron chi connectivity index (χ3n) is 9.09. The topological polar surface area (TPSA) is 60.8 Å². The van der Waals surface area contributed by atoms with Gasteiger partial charge in [0, 0.05) is 12.6 Å². The van der Waals surface area contributed by atoms with E-state index in [4.69, 9.17) is 11.6 Å². The lowest BCUT2D eigenvalue weighted by atomic mass is 9.51. The third-order valence-corrected chi connectivity index (χ3v) is 9.32. The molecule has 35 heavy (non-hydrogen) atoms. The molecular weight excluding hydrogens is 458 g/mol. The van der Waals surface area contributed by atoms with Crippen LogP contribution in [0.1, 0.15) is 66.7 Å². The summed E-state index contributed by atoms with van der Waals surface area (Å²) < 4.78 is 0. The number of hydrogen-bond acceptors (Lipinski definition) is 3. The largest absolute Gasteiger partial charge is 0.508 e. The zero-order valence-electron chi connectivity index (χ0n) is 20.5. The van der Waals surface area contributed by atoms with Crippen molar-refractivity contribution >= 4 is 17.5 Å². The van der Waals surface area contributed by atoms with Gasteiger partial charge in [-0.05, 0) is 102 Å². The number of fused-ring (bicyclic) bond motifs is 5. The Bertz CT molecular complexity index is 1170. The van der Waals surface area contributed by atoms with Gasteiger partial charge < -0.3 is 15.1 Å². The van der Waals surface area contributed by atoms with Gasteiger partial charge in [-0.3, -0.25) is 4.79 Å². The van der Waals surface area contributed by atoms with E-state index in [-0.39, 0.29) is 23.3 Å². The molecule has 2 aromatic carbocycles. The van der Waals surface area contributed by atoms with Crippen molar-refractivity contribution in [2.24, 2.45) is 17.3 Å². The molecule has 2 aromatic rings. The van der Waals surface area contributed by atoms with E-state index in [0.717, 1.165) is 37.7 Å². The van der Waals surface area contributed by atoms with Crippen molar-refractivity contribution in [2.45, 2.75) is 57.0 Å². The number of carbonyl (C=O) groups is 1. The zero-order valence-corrected chi connectivity index (χ0v) is 21.3. The van der Waals surface area contributed by atoms with Crippen LogP contribution in [-0.2, 0) is 11.2 Å². The number of benzene rings is 2. The van der Waals surface area contributed by atoms with Crippen LogP contribution >= 0.6 is 11.6 Å². The van der Waals surface area contributed by atoms with Gasteiger partial charge in [0.05, 0.1) is 12.6 Å². The second-order valence-corrected chi connectivity index (χ2v) is 11.2. The highest BCUT2D eigenvalue weighted by molar-refractivity contribution is 6.27. The Balaban J connectivity index is 1.46. The van der Waals surface area contributed by atoms with Crippen molar-refractivity contribution in [3.05, 3.63) is 64.7 Å². The summed E-state index contributed by atoms with van der Waals surface area (Å²) in [6, 6.07) is 14.4. The first kappa shape index (κ1) is 24.2. The molecule has 0 aliphatic heterocycles. The number of rotatable bonds is 3. The number of aryl methyl sites for hydroxylation is 1. The molecule has 3 aliphatic carbocycles. The average Bonchev–Trinajstić information content (AvgIpc) is 3.17. The number of halogens is 1. The van der Waals surface area contributed by atoms with Crippen LogP contribution in [-0.4, -0.2) is 46.6 Å². The van der Waals surface area contributed by atoms with Crippen LogP contribution in [0.5, 0.6) is 5.75 Å². The summed E-state index contributed by atoms with van der Waals surface area (Å²) in [5.74, 6) is 8.19. The molecule has 4 nitrogen and oxygen atoms in total. The van der Waals surface area contributed by atoms with Gasteiger partial charge in [0.1, 0.15) is 11.6 Å². The van der Waals surface area contributed by atoms with Crippen LogP contribution in [0.15, 0.2) is 42.5 Å². The first-order valence-electron chi connectivity index (χ1n) is 12.7. The summed E-state index contributed by atoms with van der Waals surface area (Å²) in [7, 11) is 1.70. The van der Waals surface area contributed by atoms with Crippen molar-refractivity contribution in [3.8, 4) is 17.6 Å². The standard InChI is InChI=1S/C30H34ClNO3/c1-30-17-25(20-7-5-19(6-8-20)4-3-15-32(2)28(35)18-31)29-23-12-10-22(33)16-21(23)9-11-24(29)26(30)13-14-27(30)34/h5-8,10,12,16,24-27,29,33-34H,9,11,13-15,17-18H2,1-2H3/t24?,25-,26?,27+,29?,30+/m1/s1. The Labute approximate surface area is 213 Å². The number of aliphatic hydroxyl groups is 1. The van der Waals surface area contributed by atoms with Crippen molar-refractivity contribution in [2.75, 3.05) is 19.5 Å². The summed E-state index contributed by atoms with van der Waals surface area (Å²) in [6.07, 6.45) is 4.84. The third kappa shape index (κ3) is 4.34. The molecule has 3 aliphatic rings. The number of aliphatic hydroxyl groups excluding tert-OH is 1. The molecule has 184 valence electrons. The fraction of sp³-hybridized carbons (Fsp3) is 0.500. The first-order valence-corrected chi connectivity index (χ1v) is 13.2. The molecule has 2 fully saturated rings. The minimum atomic E-state index is -0.241. The summed E-state index contributed by atoms with van der Waals surface area (Å²) in [6.45, 7) is 2.66. The van der Waals surface area contributed by atoms with Crippen molar-refractivity contribution in [1.29, 1.82) is 0 Å². The highest BCUT2D eigenvalue weighted by Gasteiger charge is 2.57. The van der Waals surface area contributed by atoms with Gasteiger partial charge in [0.2, 0.25) is 5.91 Å². The number of aromatic hydroxyl groups is 1. The van der Waals surface area contributed by atoms with Gasteiger partial charge >= 0.3 is 0 Å². The minimum absolute atomic E-state index is 0.0341. The number of phenols is 1. The number of alkyl halides is 1. The van der Waals surface area contributed by atoms with Gasteiger partial charge in [0.25, 0.3) is 0 Å². The van der Waals surface area contributed by atoms with E-state index in [1.165, 1.54) is 21.6 Å². The molecule has 6 atom stereocenters. The van der Waals surface area contributed by atoms with Crippen molar-refractivity contribution < 1.29 is 15.0 Å². The fourth-order valence-electron chi connectivity index (χ4n) is 7.26. The van der Waals surface area contributed by atoms with Crippen LogP contribution in [0.25, 0.3) is 0 Å². The van der Waals surface area contributed by atoms with Gasteiger partial charge in [-0.15, -0.1) is 11.6 Å². The van der Waals surface area contributed by atoms with Crippen LogP contribution in [0.4, 0.5) is 0 Å². The predicted molar refractivity (Wildman–Crippen MR) is 139 cm³/mol. The predicted octanol–water partition coefficient (Wildman–Crippen LogP) is 5.05. The smallest absolute Gasteiger partial charge is 0.238 e. The zero-order chi connectivity index (χ0) is 24.7. The molecule has 0 radical (unpaired) electrons. The lowest BCUT2D eigenvalue weighted by molar-refractivity contribution is -0.126. The van der Waals surface area contributed by atoms with Gasteiger partial charge in [-0.25, -0.2) is 0 Å². The second-order valence-electron chi connectivity index (χ2n) is 10.9. The van der Waals surface area contributed by atoms with Crippen LogP contribution in [0.2, 0.25) is 0 Å². The van der Waals surface area contributed by atoms with E-state index in [0.29, 0.717) is 36.0 Å². The monoisotopic (exact) mass is 491 g/mol. The number of amides is 1. The molecular formula is C30H34ClNO3. The normalized spacial score (nSPS) is 30.9. The Hall–Kier alpha value is -2.48. The van der Waals surface area contributed by atoms with Gasteiger partial charge in [0.15, 0.2) is 0 Å². The highest BCUT2D eigenvalue weighted by Crippen LogP contribution is 2.65. The molecule has 5 heteroatoms. The van der Waals surface area contributed by atoms with Gasteiger partial charge in [-0.1, -0.05) is 37.0 Å². The number of nitrogens with zero attached hydrogens (tertiary/aromatic N) is 1. The first-order chi connectivity index (χ1) is 16.8. The van der Waals surface area contributed by atoms with Gasteiger partial charge in [-0.2, -0.15) is 0 Å². The SMILES string of the molecule is CN(CC#Cc1ccc([C@H]2C[C@@]3(C)C(CC[C@@H]3O)C3CCc4cc(O)ccc4C32)cc1)C(=O)CCl. The van der Waals surface area contributed by atoms with E-state index in [9.17, 15) is 15.0 Å². The maximum absolute atomic E-state index is 11.6. The number of carbonyl (C=O) groups excluding carboxylic acids is 1. The second kappa shape index (κ2) is 9.52. The van der Waals surface area contributed by atoms with E-state index >= 15 is 0 Å². The summed E-state index contributed by atoms with van der Waals surface area (Å²) in [5.41, 5.74) is 4.81. The number of hydrogen-bond donors (Lipinski definition) is 2. The average molecular weight is 492 g/mol. The van der Waals surface area contributed by atoms with Crippen molar-refractivity contribution in [3.63, 3.8) is 0 Å². The maximum atomic E-state index is 11.6. The van der Waals surface area contributed by atoms with Crippen LogP contribution < -0.4 is 0 Å². The summed E-state index contributed by atoms with van der Waals surface area (Å²) >= 11 is 5.61. The van der Waals surface area contributed by atoms with Crippen LogP contribution in [0, 0.1) is 29.1 Å². The Kier molecular flexibility index (Phi) is 6.59. The molecule has 1 amide bonds. The van der Waals surface area contributed by atoms with E-state index in [1.54, 1.807) is 7.05 Å². The fourth-order valence-corrected chi connectivity index (χ4v) is 7.46.